The van der Waals surface area contributed by atoms with Crippen LogP contribution in [0, 0.1) is 19.3 Å². The predicted octanol–water partition coefficient (Wildman–Crippen LogP) is 5.32. The van der Waals surface area contributed by atoms with E-state index in [2.05, 4.69) is 32.2 Å². The van der Waals surface area contributed by atoms with Crippen molar-refractivity contribution in [3.63, 3.8) is 0 Å². The normalized spacial score (nSPS) is 16.0. The van der Waals surface area contributed by atoms with E-state index in [1.165, 1.54) is 18.9 Å². The molecule has 1 amide bonds. The summed E-state index contributed by atoms with van der Waals surface area (Å²) >= 11 is 10.9. The van der Waals surface area contributed by atoms with E-state index in [9.17, 15) is 4.79 Å². The van der Waals surface area contributed by atoms with Crippen LogP contribution in [0.4, 0.5) is 5.69 Å². The third-order valence-corrected chi connectivity index (χ3v) is 5.87. The van der Waals surface area contributed by atoms with E-state index in [0.717, 1.165) is 11.1 Å². The van der Waals surface area contributed by atoms with Gasteiger partial charge in [-0.1, -0.05) is 23.6 Å². The van der Waals surface area contributed by atoms with E-state index in [1.54, 1.807) is 18.2 Å². The first-order valence-corrected chi connectivity index (χ1v) is 10.4. The number of hydrogen-bond acceptors (Lipinski definition) is 5. The minimum atomic E-state index is -0.226. The summed E-state index contributed by atoms with van der Waals surface area (Å²) in [5, 5.41) is 3.89. The number of methoxy groups -OCH3 is 1. The van der Waals surface area contributed by atoms with Gasteiger partial charge in [-0.3, -0.25) is 4.79 Å². The number of aliphatic imine (C=N–C) groups is 1. The van der Waals surface area contributed by atoms with Crippen LogP contribution in [0.3, 0.4) is 0 Å². The smallest absolute Gasteiger partial charge is 0.264 e. The van der Waals surface area contributed by atoms with Crippen LogP contribution in [0.15, 0.2) is 44.7 Å². The highest BCUT2D eigenvalue weighted by Crippen LogP contribution is 2.38. The van der Waals surface area contributed by atoms with Crippen LogP contribution >= 0.6 is 39.3 Å². The lowest BCUT2D eigenvalue weighted by Gasteiger charge is -2.12. The summed E-state index contributed by atoms with van der Waals surface area (Å²) in [6.45, 7) is 2.00. The number of terminal acetylenes is 1. The Balaban J connectivity index is 1.89. The summed E-state index contributed by atoms with van der Waals surface area (Å²) in [5.74, 6) is 3.21. The highest BCUT2D eigenvalue weighted by Gasteiger charge is 2.24. The van der Waals surface area contributed by atoms with E-state index in [-0.39, 0.29) is 12.5 Å². The molecule has 1 fully saturated rings. The largest absolute Gasteiger partial charge is 0.493 e. The second-order valence-electron chi connectivity index (χ2n) is 5.89. The maximum Gasteiger partial charge on any atom is 0.264 e. The molecule has 1 saturated heterocycles. The van der Waals surface area contributed by atoms with Crippen LogP contribution in [0.1, 0.15) is 11.1 Å². The fraction of sp³-hybridized carbons (Fsp3) is 0.143. The van der Waals surface area contributed by atoms with Gasteiger partial charge in [0.1, 0.15) is 6.61 Å². The maximum absolute atomic E-state index is 12.4. The zero-order chi connectivity index (χ0) is 21.0. The molecular weight excluding hydrogens is 476 g/mol. The molecule has 1 heterocycles. The van der Waals surface area contributed by atoms with Crippen molar-refractivity contribution in [3.05, 3.63) is 55.9 Å². The molecule has 0 saturated carbocycles. The van der Waals surface area contributed by atoms with Crippen molar-refractivity contribution in [3.8, 4) is 23.8 Å². The standard InChI is InChI=1S/C21H16BrClN2O3S/c1-4-8-28-19-14(22)9-13(10-17(19)27-3)11-18-20(26)25-21(29-18)24-16-7-5-6-15(23)12(16)2/h1,5-7,9-11H,8H2,2-3H3,(H,24,25,26). The topological polar surface area (TPSA) is 59.9 Å². The summed E-state index contributed by atoms with van der Waals surface area (Å²) in [5.41, 5.74) is 2.32. The Hall–Kier alpha value is -2.40. The van der Waals surface area contributed by atoms with Gasteiger partial charge in [-0.05, 0) is 76.1 Å². The van der Waals surface area contributed by atoms with Crippen molar-refractivity contribution >= 4 is 62.1 Å². The van der Waals surface area contributed by atoms with Crippen LogP contribution in [0.25, 0.3) is 6.08 Å². The lowest BCUT2D eigenvalue weighted by atomic mass is 10.2. The summed E-state index contributed by atoms with van der Waals surface area (Å²) in [7, 11) is 1.54. The van der Waals surface area contributed by atoms with Crippen molar-refractivity contribution in [1.29, 1.82) is 0 Å². The number of carbonyl (C=O) groups excluding carboxylic acids is 1. The zero-order valence-electron chi connectivity index (χ0n) is 15.6. The van der Waals surface area contributed by atoms with Crippen LogP contribution in [-0.4, -0.2) is 24.8 Å². The quantitative estimate of drug-likeness (QED) is 0.454. The zero-order valence-corrected chi connectivity index (χ0v) is 18.7. The number of carbonyl (C=O) groups is 1. The number of benzene rings is 2. The lowest BCUT2D eigenvalue weighted by Crippen LogP contribution is -2.19. The van der Waals surface area contributed by atoms with Gasteiger partial charge in [0.05, 0.1) is 22.2 Å². The number of amidine groups is 1. The molecule has 8 heteroatoms. The summed E-state index contributed by atoms with van der Waals surface area (Å²) < 4.78 is 11.6. The molecule has 1 N–H and O–H groups in total. The number of ether oxygens (including phenoxy) is 2. The average Bonchev–Trinajstić information content (AvgIpc) is 3.03. The monoisotopic (exact) mass is 490 g/mol. The van der Waals surface area contributed by atoms with Crippen molar-refractivity contribution in [1.82, 2.24) is 5.32 Å². The average molecular weight is 492 g/mol. The summed E-state index contributed by atoms with van der Waals surface area (Å²) in [4.78, 5) is 17.4. The number of thioether (sulfide) groups is 1. The number of rotatable bonds is 5. The van der Waals surface area contributed by atoms with Gasteiger partial charge < -0.3 is 14.8 Å². The first-order chi connectivity index (χ1) is 13.9. The molecule has 0 aliphatic carbocycles. The van der Waals surface area contributed by atoms with E-state index in [0.29, 0.717) is 36.8 Å². The van der Waals surface area contributed by atoms with Gasteiger partial charge in [0.15, 0.2) is 16.7 Å². The molecule has 0 aromatic heterocycles. The first-order valence-electron chi connectivity index (χ1n) is 8.41. The van der Waals surface area contributed by atoms with E-state index < -0.39 is 0 Å². The number of hydrogen-bond donors (Lipinski definition) is 1. The number of nitrogens with one attached hydrogen (secondary N) is 1. The molecule has 0 spiro atoms. The highest BCUT2D eigenvalue weighted by molar-refractivity contribution is 9.10. The molecule has 148 valence electrons. The lowest BCUT2D eigenvalue weighted by molar-refractivity contribution is -0.115. The van der Waals surface area contributed by atoms with Gasteiger partial charge >= 0.3 is 0 Å². The van der Waals surface area contributed by atoms with Crippen LogP contribution in [-0.2, 0) is 4.79 Å². The van der Waals surface area contributed by atoms with Crippen molar-refractivity contribution < 1.29 is 14.3 Å². The Morgan fingerprint density at radius 1 is 1.41 bits per heavy atom. The molecule has 0 atom stereocenters. The van der Waals surface area contributed by atoms with Gasteiger partial charge in [-0.2, -0.15) is 0 Å². The molecule has 29 heavy (non-hydrogen) atoms. The van der Waals surface area contributed by atoms with Crippen LogP contribution in [0.5, 0.6) is 11.5 Å². The Morgan fingerprint density at radius 2 is 2.21 bits per heavy atom. The Bertz CT molecular complexity index is 1080. The van der Waals surface area contributed by atoms with Gasteiger partial charge in [-0.25, -0.2) is 4.99 Å². The third kappa shape index (κ3) is 4.96. The molecule has 0 bridgehead atoms. The van der Waals surface area contributed by atoms with Crippen molar-refractivity contribution in [2.24, 2.45) is 4.99 Å². The Labute approximate surface area is 186 Å². The minimum Gasteiger partial charge on any atom is -0.493 e. The van der Waals surface area contributed by atoms with E-state index in [4.69, 9.17) is 27.5 Å². The molecule has 0 radical (unpaired) electrons. The third-order valence-electron chi connectivity index (χ3n) is 3.96. The fourth-order valence-corrected chi connectivity index (χ4v) is 4.11. The number of nitrogens with zero attached hydrogens (tertiary/aromatic N) is 1. The second-order valence-corrected chi connectivity index (χ2v) is 8.18. The molecule has 3 rings (SSSR count). The molecule has 2 aromatic carbocycles. The summed E-state index contributed by atoms with van der Waals surface area (Å²) in [6, 6.07) is 9.06. The van der Waals surface area contributed by atoms with E-state index >= 15 is 0 Å². The maximum atomic E-state index is 12.4. The molecule has 1 aliphatic heterocycles. The SMILES string of the molecule is C#CCOc1c(Br)cc(C=C2SC(=Nc3cccc(Cl)c3C)NC2=O)cc1OC. The number of halogens is 2. The fourth-order valence-electron chi connectivity index (χ4n) is 2.54. The molecular formula is C21H16BrClN2O3S. The van der Waals surface area contributed by atoms with Crippen molar-refractivity contribution in [2.45, 2.75) is 6.92 Å². The predicted molar refractivity (Wildman–Crippen MR) is 122 cm³/mol. The highest BCUT2D eigenvalue weighted by atomic mass is 79.9. The van der Waals surface area contributed by atoms with Gasteiger partial charge in [0.2, 0.25) is 0 Å². The molecule has 0 unspecified atom stereocenters. The van der Waals surface area contributed by atoms with Crippen molar-refractivity contribution in [2.75, 3.05) is 13.7 Å². The van der Waals surface area contributed by atoms with Gasteiger partial charge in [0.25, 0.3) is 5.91 Å². The Morgan fingerprint density at radius 3 is 2.93 bits per heavy atom. The molecule has 1 aliphatic rings. The molecule has 5 nitrogen and oxygen atoms in total. The van der Waals surface area contributed by atoms with Gasteiger partial charge in [-0.15, -0.1) is 6.42 Å². The number of amides is 1. The molecule has 2 aromatic rings. The van der Waals surface area contributed by atoms with E-state index in [1.807, 2.05) is 25.1 Å². The Kier molecular flexibility index (Phi) is 6.91. The minimum absolute atomic E-state index is 0.121. The first kappa shape index (κ1) is 21.3. The van der Waals surface area contributed by atoms with Gasteiger partial charge in [0, 0.05) is 5.02 Å². The van der Waals surface area contributed by atoms with Crippen LogP contribution in [0.2, 0.25) is 5.02 Å². The second kappa shape index (κ2) is 9.40. The van der Waals surface area contributed by atoms with Crippen LogP contribution < -0.4 is 14.8 Å². The summed E-state index contributed by atoms with van der Waals surface area (Å²) in [6.07, 6.45) is 7.01.